The van der Waals surface area contributed by atoms with Gasteiger partial charge >= 0.3 is 0 Å². The molecule has 17 nitrogen and oxygen atoms in total. The van der Waals surface area contributed by atoms with E-state index in [1.54, 1.807) is 0 Å². The van der Waals surface area contributed by atoms with Crippen LogP contribution in [0.3, 0.4) is 0 Å². The molecule has 5 saturated heterocycles. The quantitative estimate of drug-likeness (QED) is 0.152. The number of aliphatic hydroxyl groups is 9. The van der Waals surface area contributed by atoms with Crippen molar-refractivity contribution in [2.24, 2.45) is 51.8 Å². The lowest BCUT2D eigenvalue weighted by molar-refractivity contribution is -0.390. The van der Waals surface area contributed by atoms with Gasteiger partial charge in [-0.25, -0.2) is 0 Å². The summed E-state index contributed by atoms with van der Waals surface area (Å²) >= 11 is 0. The zero-order valence-corrected chi connectivity index (χ0v) is 37.8. The topological polar surface area (TPSA) is 256 Å². The van der Waals surface area contributed by atoms with Gasteiger partial charge in [0.25, 0.3) is 0 Å². The third-order valence-electron chi connectivity index (χ3n) is 19.0. The molecule has 9 aliphatic rings. The summed E-state index contributed by atoms with van der Waals surface area (Å²) in [5.74, 6) is 2.79. The Bertz CT molecular complexity index is 1600. The summed E-state index contributed by atoms with van der Waals surface area (Å²) in [5.41, 5.74) is 0.221. The molecule has 63 heavy (non-hydrogen) atoms. The second-order valence-corrected chi connectivity index (χ2v) is 22.2. The number of fused-ring (bicyclic) bond motifs is 7. The average Bonchev–Trinajstić information content (AvgIpc) is 3.70. The Kier molecular flexibility index (Phi) is 13.1. The third-order valence-corrected chi connectivity index (χ3v) is 19.0. The molecule has 0 bridgehead atoms. The highest BCUT2D eigenvalue weighted by Crippen LogP contribution is 2.73. The SMILES string of the molecule is C[C@H]1CC[C@]2(OC1)O[C@H]1C[C@H]3[C@H]4CC[C@]5(C)C[C@H](O[C@@H]6O[C@H](CO)[C@H](O)[C@@H](O[C@@H]7O[C@@H](CO)[C@@H](O)[C@H](O)[C@@H]7O[C@H]7O[C@H](C)[C@H](O)[C@H](O)[C@@H]7O)[C@H]6O)CC[C@]5(C)[C@H]4CC[C@@]3(C)[C@H]1[C@@H]2C. The zero-order chi connectivity index (χ0) is 45.1. The molecular formula is C46H76O17. The van der Waals surface area contributed by atoms with Gasteiger partial charge in [0.05, 0.1) is 38.1 Å². The normalized spacial score (nSPS) is 59.4. The van der Waals surface area contributed by atoms with E-state index in [9.17, 15) is 46.0 Å². The van der Waals surface area contributed by atoms with Gasteiger partial charge in [0.15, 0.2) is 24.7 Å². The molecule has 17 heteroatoms. The van der Waals surface area contributed by atoms with E-state index < -0.39 is 111 Å². The standard InChI is InChI=1S/C46H76O17/c1-20-7-14-46(56-19-20)21(2)30-27(63-46)15-26-24-9-11-43(4)16-23(8-13-45(43,6)25(24)10-12-44(26,30)5)58-41-37(55)38(33(51)29(18-48)59-41)61-42-39(35(53)32(50)28(17-47)60-42)62-40-36(54)34(52)31(49)22(3)57-40/h20-42,47-55H,7-19H2,1-6H3/t20-,21-,22+,23+,24-,25-,26-,27-,28-,29+,30-,31-,32+,33-,34-,35-,36-,37+,38+,39-,40+,41+,42-,43+,44+,45+,46-/m0/s1. The highest BCUT2D eigenvalue weighted by atomic mass is 16.8. The average molecular weight is 901 g/mol. The van der Waals surface area contributed by atoms with E-state index in [0.29, 0.717) is 35.5 Å². The van der Waals surface area contributed by atoms with Gasteiger partial charge in [-0.1, -0.05) is 34.6 Å². The van der Waals surface area contributed by atoms with E-state index in [2.05, 4.69) is 34.6 Å². The summed E-state index contributed by atoms with van der Waals surface area (Å²) < 4.78 is 49.6. The van der Waals surface area contributed by atoms with Gasteiger partial charge in [0.1, 0.15) is 67.1 Å². The molecule has 9 rings (SSSR count). The van der Waals surface area contributed by atoms with Crippen molar-refractivity contribution in [1.82, 2.24) is 0 Å². The lowest BCUT2D eigenvalue weighted by atomic mass is 9.40. The maximum atomic E-state index is 11.8. The lowest BCUT2D eigenvalue weighted by Crippen LogP contribution is -2.67. The number of rotatable bonds is 8. The van der Waals surface area contributed by atoms with Crippen molar-refractivity contribution in [1.29, 1.82) is 0 Å². The second kappa shape index (κ2) is 17.4. The predicted octanol–water partition coefficient (Wildman–Crippen LogP) is 0.684. The molecular weight excluding hydrogens is 824 g/mol. The third kappa shape index (κ3) is 7.62. The molecule has 0 aromatic rings. The van der Waals surface area contributed by atoms with Crippen LogP contribution in [0.25, 0.3) is 0 Å². The molecule has 5 aliphatic heterocycles. The predicted molar refractivity (Wildman–Crippen MR) is 219 cm³/mol. The first-order chi connectivity index (χ1) is 29.8. The van der Waals surface area contributed by atoms with Gasteiger partial charge in [-0.3, -0.25) is 0 Å². The monoisotopic (exact) mass is 901 g/mol. The molecule has 0 aromatic heterocycles. The Morgan fingerprint density at radius 1 is 0.603 bits per heavy atom. The van der Waals surface area contributed by atoms with Gasteiger partial charge in [-0.15, -0.1) is 0 Å². The Morgan fingerprint density at radius 3 is 1.98 bits per heavy atom. The first-order valence-corrected chi connectivity index (χ1v) is 24.0. The molecule has 0 radical (unpaired) electrons. The summed E-state index contributed by atoms with van der Waals surface area (Å²) in [6.07, 6.45) is -13.1. The zero-order valence-electron chi connectivity index (χ0n) is 37.8. The van der Waals surface area contributed by atoms with Crippen LogP contribution in [0.5, 0.6) is 0 Å². The van der Waals surface area contributed by atoms with Crippen LogP contribution in [0, 0.1) is 51.8 Å². The van der Waals surface area contributed by atoms with Crippen LogP contribution in [0.1, 0.15) is 106 Å². The van der Waals surface area contributed by atoms with Crippen molar-refractivity contribution in [2.75, 3.05) is 19.8 Å². The molecule has 9 fully saturated rings. The van der Waals surface area contributed by atoms with Crippen molar-refractivity contribution in [3.63, 3.8) is 0 Å². The summed E-state index contributed by atoms with van der Waals surface area (Å²) in [4.78, 5) is 0. The Labute approximate surface area is 370 Å². The van der Waals surface area contributed by atoms with Gasteiger partial charge in [0.2, 0.25) is 0 Å². The number of hydrogen-bond donors (Lipinski definition) is 9. The van der Waals surface area contributed by atoms with E-state index in [-0.39, 0.29) is 28.5 Å². The van der Waals surface area contributed by atoms with Gasteiger partial charge in [-0.05, 0) is 111 Å². The largest absolute Gasteiger partial charge is 0.394 e. The molecule has 0 aromatic carbocycles. The minimum absolute atomic E-state index is 0.0607. The molecule has 0 amide bonds. The van der Waals surface area contributed by atoms with Gasteiger partial charge in [-0.2, -0.15) is 0 Å². The Hall–Kier alpha value is -0.680. The maximum absolute atomic E-state index is 11.8. The van der Waals surface area contributed by atoms with E-state index in [1.807, 2.05) is 0 Å². The lowest BCUT2D eigenvalue weighted by Gasteiger charge is -2.65. The summed E-state index contributed by atoms with van der Waals surface area (Å²) in [6.45, 7) is 12.9. The molecule has 362 valence electrons. The molecule has 4 aliphatic carbocycles. The highest BCUT2D eigenvalue weighted by molar-refractivity contribution is 5.17. The van der Waals surface area contributed by atoms with Crippen LogP contribution < -0.4 is 0 Å². The van der Waals surface area contributed by atoms with Crippen LogP contribution >= 0.6 is 0 Å². The van der Waals surface area contributed by atoms with Crippen LogP contribution in [0.2, 0.25) is 0 Å². The van der Waals surface area contributed by atoms with E-state index in [4.69, 9.17) is 37.9 Å². The van der Waals surface area contributed by atoms with Crippen molar-refractivity contribution < 1.29 is 83.9 Å². The van der Waals surface area contributed by atoms with Crippen LogP contribution in [0.4, 0.5) is 0 Å². The Morgan fingerprint density at radius 2 is 1.29 bits per heavy atom. The first-order valence-electron chi connectivity index (χ1n) is 24.0. The summed E-state index contributed by atoms with van der Waals surface area (Å²) in [6, 6.07) is 0. The molecule has 4 saturated carbocycles. The number of ether oxygens (including phenoxy) is 8. The van der Waals surface area contributed by atoms with Crippen molar-refractivity contribution in [2.45, 2.75) is 216 Å². The number of hydrogen-bond acceptors (Lipinski definition) is 17. The van der Waals surface area contributed by atoms with Gasteiger partial charge < -0.3 is 83.9 Å². The summed E-state index contributed by atoms with van der Waals surface area (Å²) in [7, 11) is 0. The minimum atomic E-state index is -1.81. The second-order valence-electron chi connectivity index (χ2n) is 22.2. The van der Waals surface area contributed by atoms with Crippen LogP contribution in [0.15, 0.2) is 0 Å². The van der Waals surface area contributed by atoms with Gasteiger partial charge in [0, 0.05) is 12.3 Å². The molecule has 27 atom stereocenters. The van der Waals surface area contributed by atoms with Crippen molar-refractivity contribution in [3.05, 3.63) is 0 Å². The van der Waals surface area contributed by atoms with E-state index in [0.717, 1.165) is 58.0 Å². The van der Waals surface area contributed by atoms with Crippen molar-refractivity contribution in [3.8, 4) is 0 Å². The van der Waals surface area contributed by atoms with E-state index >= 15 is 0 Å². The van der Waals surface area contributed by atoms with Crippen LogP contribution in [-0.4, -0.2) is 176 Å². The fourth-order valence-electron chi connectivity index (χ4n) is 15.0. The highest BCUT2D eigenvalue weighted by Gasteiger charge is 2.70. The summed E-state index contributed by atoms with van der Waals surface area (Å²) in [5, 5.41) is 96.8. The smallest absolute Gasteiger partial charge is 0.187 e. The number of aliphatic hydroxyl groups excluding tert-OH is 9. The minimum Gasteiger partial charge on any atom is -0.394 e. The van der Waals surface area contributed by atoms with E-state index in [1.165, 1.54) is 19.8 Å². The maximum Gasteiger partial charge on any atom is 0.187 e. The van der Waals surface area contributed by atoms with Crippen LogP contribution in [-0.2, 0) is 37.9 Å². The fraction of sp³-hybridized carbons (Fsp3) is 1.00. The molecule has 5 heterocycles. The molecule has 0 unspecified atom stereocenters. The fourth-order valence-corrected chi connectivity index (χ4v) is 15.0. The molecule has 9 N–H and O–H groups in total. The first kappa shape index (κ1) is 47.4. The van der Waals surface area contributed by atoms with Crippen molar-refractivity contribution >= 4 is 0 Å². The molecule has 1 spiro atoms. The Balaban J connectivity index is 0.876.